The lowest BCUT2D eigenvalue weighted by Crippen LogP contribution is -1.97. The molecule has 0 aliphatic heterocycles. The van der Waals surface area contributed by atoms with Crippen molar-refractivity contribution in [1.82, 2.24) is 19.7 Å². The molecule has 0 unspecified atom stereocenters. The summed E-state index contributed by atoms with van der Waals surface area (Å²) in [6.07, 6.45) is 3.75. The number of aryl methyl sites for hydroxylation is 1. The summed E-state index contributed by atoms with van der Waals surface area (Å²) in [5.74, 6) is -0.342. The molecular formula is C15H9BrClFN4. The van der Waals surface area contributed by atoms with E-state index in [9.17, 15) is 4.39 Å². The lowest BCUT2D eigenvalue weighted by atomic mass is 10.0. The van der Waals surface area contributed by atoms with Crippen molar-refractivity contribution in [3.63, 3.8) is 0 Å². The van der Waals surface area contributed by atoms with Crippen molar-refractivity contribution in [1.29, 1.82) is 0 Å². The van der Waals surface area contributed by atoms with Crippen LogP contribution in [0.2, 0.25) is 5.28 Å². The van der Waals surface area contributed by atoms with Crippen molar-refractivity contribution in [3.8, 4) is 0 Å². The first kappa shape index (κ1) is 10.9. The van der Waals surface area contributed by atoms with Gasteiger partial charge in [0.2, 0.25) is 5.28 Å². The number of nitrogens with zero attached hydrogens (tertiary/aromatic N) is 4. The van der Waals surface area contributed by atoms with Gasteiger partial charge >= 0.3 is 0 Å². The molecule has 4 nitrogen and oxygen atoms in total. The van der Waals surface area contributed by atoms with Crippen LogP contribution in [0.25, 0.3) is 16.6 Å². The monoisotopic (exact) mass is 381 g/mol. The minimum absolute atomic E-state index is 0.0110. The molecule has 3 aromatic rings. The Morgan fingerprint density at radius 1 is 1.41 bits per heavy atom. The average Bonchev–Trinajstić information content (AvgIpc) is 3.10. The number of allylic oxidation sites excluding steroid dienone is 1. The van der Waals surface area contributed by atoms with Crippen molar-refractivity contribution in [3.05, 3.63) is 56.8 Å². The van der Waals surface area contributed by atoms with E-state index < -0.39 is 6.98 Å². The van der Waals surface area contributed by atoms with E-state index in [2.05, 4.69) is 31.0 Å². The number of aromatic nitrogens is 4. The summed E-state index contributed by atoms with van der Waals surface area (Å²) in [4.78, 5) is 8.30. The van der Waals surface area contributed by atoms with Gasteiger partial charge in [-0.25, -0.2) is 14.4 Å². The topological polar surface area (TPSA) is 43.6 Å². The van der Waals surface area contributed by atoms with E-state index in [1.807, 2.05) is 6.08 Å². The van der Waals surface area contributed by atoms with Gasteiger partial charge in [0.05, 0.1) is 10.7 Å². The molecule has 7 heteroatoms. The van der Waals surface area contributed by atoms with Crippen molar-refractivity contribution in [2.75, 3.05) is 0 Å². The SMILES string of the molecule is [2H]C([2H])([2H])n1cc2nc(Cl)nc(C3=CCc4cc(F)c(Br)cc43)c2n1. The van der Waals surface area contributed by atoms with Gasteiger partial charge in [-0.15, -0.1) is 0 Å². The van der Waals surface area contributed by atoms with Crippen LogP contribution in [0, 0.1) is 5.82 Å². The van der Waals surface area contributed by atoms with E-state index in [1.54, 1.807) is 6.07 Å². The van der Waals surface area contributed by atoms with Crippen molar-refractivity contribution in [2.24, 2.45) is 6.98 Å². The van der Waals surface area contributed by atoms with E-state index in [0.717, 1.165) is 21.4 Å². The summed E-state index contributed by atoms with van der Waals surface area (Å²) in [5.41, 5.74) is 3.43. The van der Waals surface area contributed by atoms with Crippen molar-refractivity contribution >= 4 is 44.1 Å². The molecule has 0 bridgehead atoms. The van der Waals surface area contributed by atoms with Crippen molar-refractivity contribution < 1.29 is 8.50 Å². The number of rotatable bonds is 1. The maximum Gasteiger partial charge on any atom is 0.223 e. The predicted octanol–water partition coefficient (Wildman–Crippen LogP) is 3.91. The molecule has 0 saturated heterocycles. The lowest BCUT2D eigenvalue weighted by Gasteiger charge is -2.08. The van der Waals surface area contributed by atoms with Crippen LogP contribution in [-0.4, -0.2) is 19.7 Å². The Hall–Kier alpha value is -1.79. The summed E-state index contributed by atoms with van der Waals surface area (Å²) in [5, 5.41) is 4.12. The smallest absolute Gasteiger partial charge is 0.223 e. The normalized spacial score (nSPS) is 16.1. The molecule has 0 amide bonds. The molecule has 0 fully saturated rings. The van der Waals surface area contributed by atoms with Gasteiger partial charge in [0.25, 0.3) is 0 Å². The van der Waals surface area contributed by atoms with E-state index >= 15 is 0 Å². The minimum Gasteiger partial charge on any atom is -0.273 e. The van der Waals surface area contributed by atoms with Crippen molar-refractivity contribution in [2.45, 2.75) is 6.42 Å². The first-order valence-electron chi connectivity index (χ1n) is 7.86. The summed E-state index contributed by atoms with van der Waals surface area (Å²) >= 11 is 9.20. The summed E-state index contributed by atoms with van der Waals surface area (Å²) in [6, 6.07) is 3.13. The Bertz CT molecular complexity index is 1060. The van der Waals surface area contributed by atoms with E-state index in [0.29, 0.717) is 27.6 Å². The predicted molar refractivity (Wildman–Crippen MR) is 86.2 cm³/mol. The molecule has 2 heterocycles. The van der Waals surface area contributed by atoms with Crippen LogP contribution >= 0.6 is 27.5 Å². The highest BCUT2D eigenvalue weighted by molar-refractivity contribution is 9.10. The van der Waals surface area contributed by atoms with Gasteiger partial charge in [-0.2, -0.15) is 5.10 Å². The third-order valence-corrected chi connectivity index (χ3v) is 4.33. The van der Waals surface area contributed by atoms with E-state index in [4.69, 9.17) is 15.7 Å². The number of halogens is 3. The summed E-state index contributed by atoms with van der Waals surface area (Å²) < 4.78 is 37.5. The molecule has 0 N–H and O–H groups in total. The largest absolute Gasteiger partial charge is 0.273 e. The third-order valence-electron chi connectivity index (χ3n) is 3.55. The highest BCUT2D eigenvalue weighted by atomic mass is 79.9. The Kier molecular flexibility index (Phi) is 2.40. The molecule has 0 saturated carbocycles. The first-order valence-corrected chi connectivity index (χ1v) is 7.53. The van der Waals surface area contributed by atoms with Gasteiger partial charge in [-0.3, -0.25) is 4.68 Å². The van der Waals surface area contributed by atoms with E-state index in [1.165, 1.54) is 12.3 Å². The highest BCUT2D eigenvalue weighted by Gasteiger charge is 2.22. The zero-order chi connectivity index (χ0) is 17.9. The van der Waals surface area contributed by atoms with Crippen LogP contribution in [0.5, 0.6) is 0 Å². The summed E-state index contributed by atoms with van der Waals surface area (Å²) in [7, 11) is 0. The van der Waals surface area contributed by atoms with Crippen LogP contribution < -0.4 is 0 Å². The Labute approximate surface area is 143 Å². The molecular weight excluding hydrogens is 371 g/mol. The van der Waals surface area contributed by atoms with Crippen LogP contribution in [0.1, 0.15) is 20.9 Å². The minimum atomic E-state index is -2.43. The summed E-state index contributed by atoms with van der Waals surface area (Å²) in [6.45, 7) is -2.43. The molecule has 4 rings (SSSR count). The molecule has 0 atom stereocenters. The second-order valence-corrected chi connectivity index (χ2v) is 6.09. The number of fused-ring (bicyclic) bond motifs is 2. The fraction of sp³-hybridized carbons (Fsp3) is 0.133. The quantitative estimate of drug-likeness (QED) is 0.599. The maximum atomic E-state index is 13.8. The number of benzene rings is 1. The zero-order valence-electron chi connectivity index (χ0n) is 13.9. The van der Waals surface area contributed by atoms with Gasteiger partial charge in [0.1, 0.15) is 22.5 Å². The second kappa shape index (κ2) is 4.86. The van der Waals surface area contributed by atoms with Gasteiger partial charge in [-0.1, -0.05) is 6.08 Å². The Morgan fingerprint density at radius 3 is 3.09 bits per heavy atom. The number of hydrogen-bond acceptors (Lipinski definition) is 3. The van der Waals surface area contributed by atoms with Crippen LogP contribution in [0.4, 0.5) is 4.39 Å². The highest BCUT2D eigenvalue weighted by Crippen LogP contribution is 2.37. The van der Waals surface area contributed by atoms with Crippen LogP contribution in [0.3, 0.4) is 0 Å². The lowest BCUT2D eigenvalue weighted by molar-refractivity contribution is 0.619. The van der Waals surface area contributed by atoms with E-state index in [-0.39, 0.29) is 11.1 Å². The van der Waals surface area contributed by atoms with Gasteiger partial charge < -0.3 is 0 Å². The molecule has 110 valence electrons. The van der Waals surface area contributed by atoms with Gasteiger partial charge in [0.15, 0.2) is 0 Å². The molecule has 0 spiro atoms. The molecule has 0 radical (unpaired) electrons. The fourth-order valence-electron chi connectivity index (χ4n) is 2.63. The second-order valence-electron chi connectivity index (χ2n) is 4.89. The molecule has 1 aromatic carbocycles. The molecule has 2 aromatic heterocycles. The fourth-order valence-corrected chi connectivity index (χ4v) is 3.15. The average molecular weight is 383 g/mol. The van der Waals surface area contributed by atoms with Gasteiger partial charge in [0, 0.05) is 16.7 Å². The Morgan fingerprint density at radius 2 is 2.27 bits per heavy atom. The molecule has 1 aliphatic rings. The third kappa shape index (κ3) is 2.06. The first-order chi connectivity index (χ1) is 11.7. The number of hydrogen-bond donors (Lipinski definition) is 0. The molecule has 22 heavy (non-hydrogen) atoms. The van der Waals surface area contributed by atoms with Gasteiger partial charge in [-0.05, 0) is 57.2 Å². The maximum absolute atomic E-state index is 13.8. The van der Waals surface area contributed by atoms with Crippen LogP contribution in [0.15, 0.2) is 28.9 Å². The zero-order valence-corrected chi connectivity index (χ0v) is 13.3. The van der Waals surface area contributed by atoms with Crippen LogP contribution in [-0.2, 0) is 13.4 Å². The molecule has 1 aliphatic carbocycles. The standard InChI is InChI=1S/C15H9BrClFN4/c1-22-6-12-14(21-22)13(20-15(17)19-12)8-3-2-7-4-11(18)10(16)5-9(7)8/h3-6H,2H2,1H3/i1D3. The Balaban J connectivity index is 1.95.